The van der Waals surface area contributed by atoms with Crippen molar-refractivity contribution in [2.45, 2.75) is 25.3 Å². The standard InChI is InChI=1S/C10H18N2O3/c1-12-8(4-5-9(12)13)10(14)11-6-3-7-15-2/h8H,3-7H2,1-2H3,(H,11,14). The van der Waals surface area contributed by atoms with Gasteiger partial charge in [0.2, 0.25) is 11.8 Å². The Morgan fingerprint density at radius 2 is 2.40 bits per heavy atom. The third-order valence-corrected chi connectivity index (χ3v) is 2.62. The first kappa shape index (κ1) is 12.0. The number of nitrogens with zero attached hydrogens (tertiary/aromatic N) is 1. The fraction of sp³-hybridized carbons (Fsp3) is 0.800. The van der Waals surface area contributed by atoms with Crippen LogP contribution in [0.3, 0.4) is 0 Å². The molecule has 0 aliphatic carbocycles. The van der Waals surface area contributed by atoms with Crippen LogP contribution in [0.2, 0.25) is 0 Å². The van der Waals surface area contributed by atoms with Gasteiger partial charge >= 0.3 is 0 Å². The first-order chi connectivity index (χ1) is 7.16. The van der Waals surface area contributed by atoms with Crippen LogP contribution in [-0.4, -0.2) is 50.1 Å². The molecule has 0 aromatic heterocycles. The molecule has 0 aromatic rings. The second kappa shape index (κ2) is 5.70. The predicted octanol–water partition coefficient (Wildman–Crippen LogP) is -0.240. The minimum atomic E-state index is -0.278. The van der Waals surface area contributed by atoms with Crippen LogP contribution in [0.25, 0.3) is 0 Å². The number of likely N-dealkylation sites (tertiary alicyclic amines) is 1. The van der Waals surface area contributed by atoms with Gasteiger partial charge in [0.1, 0.15) is 6.04 Å². The van der Waals surface area contributed by atoms with E-state index in [-0.39, 0.29) is 17.9 Å². The van der Waals surface area contributed by atoms with Gasteiger partial charge in [-0.3, -0.25) is 9.59 Å². The molecule has 2 amide bonds. The first-order valence-electron chi connectivity index (χ1n) is 5.19. The summed E-state index contributed by atoms with van der Waals surface area (Å²) in [5.41, 5.74) is 0. The molecular formula is C10H18N2O3. The van der Waals surface area contributed by atoms with E-state index in [1.165, 1.54) is 4.90 Å². The smallest absolute Gasteiger partial charge is 0.242 e. The van der Waals surface area contributed by atoms with E-state index in [9.17, 15) is 9.59 Å². The predicted molar refractivity (Wildman–Crippen MR) is 55.3 cm³/mol. The van der Waals surface area contributed by atoms with Crippen LogP contribution in [0.4, 0.5) is 0 Å². The lowest BCUT2D eigenvalue weighted by Crippen LogP contribution is -2.43. The average Bonchev–Trinajstić information content (AvgIpc) is 2.55. The number of likely N-dealkylation sites (N-methyl/N-ethyl adjacent to an activating group) is 1. The molecule has 0 spiro atoms. The highest BCUT2D eigenvalue weighted by atomic mass is 16.5. The number of nitrogens with one attached hydrogen (secondary N) is 1. The molecule has 1 saturated heterocycles. The molecule has 1 heterocycles. The van der Waals surface area contributed by atoms with Crippen LogP contribution >= 0.6 is 0 Å². The zero-order valence-electron chi connectivity index (χ0n) is 9.28. The summed E-state index contributed by atoms with van der Waals surface area (Å²) < 4.78 is 4.87. The van der Waals surface area contributed by atoms with Gasteiger partial charge in [-0.05, 0) is 12.8 Å². The van der Waals surface area contributed by atoms with Crippen molar-refractivity contribution in [2.75, 3.05) is 27.3 Å². The monoisotopic (exact) mass is 214 g/mol. The van der Waals surface area contributed by atoms with Gasteiger partial charge in [0.05, 0.1) is 0 Å². The zero-order valence-corrected chi connectivity index (χ0v) is 9.28. The number of rotatable bonds is 5. The lowest BCUT2D eigenvalue weighted by atomic mass is 10.2. The fourth-order valence-corrected chi connectivity index (χ4v) is 1.66. The van der Waals surface area contributed by atoms with E-state index in [1.807, 2.05) is 0 Å². The van der Waals surface area contributed by atoms with Gasteiger partial charge in [0.25, 0.3) is 0 Å². The number of carbonyl (C=O) groups is 2. The molecule has 1 atom stereocenters. The molecule has 86 valence electrons. The second-order valence-corrected chi connectivity index (χ2v) is 3.70. The van der Waals surface area contributed by atoms with E-state index in [2.05, 4.69) is 5.32 Å². The van der Waals surface area contributed by atoms with E-state index in [0.717, 1.165) is 6.42 Å². The molecule has 0 saturated carbocycles. The average molecular weight is 214 g/mol. The van der Waals surface area contributed by atoms with E-state index >= 15 is 0 Å². The Bertz CT molecular complexity index is 243. The van der Waals surface area contributed by atoms with Crippen LogP contribution in [0.1, 0.15) is 19.3 Å². The summed E-state index contributed by atoms with van der Waals surface area (Å²) in [6, 6.07) is -0.278. The third kappa shape index (κ3) is 3.20. The summed E-state index contributed by atoms with van der Waals surface area (Å²) in [5.74, 6) is -0.00788. The van der Waals surface area contributed by atoms with Gasteiger partial charge < -0.3 is 15.0 Å². The van der Waals surface area contributed by atoms with Gasteiger partial charge in [0.15, 0.2) is 0 Å². The largest absolute Gasteiger partial charge is 0.385 e. The van der Waals surface area contributed by atoms with Crippen molar-refractivity contribution in [2.24, 2.45) is 0 Å². The first-order valence-corrected chi connectivity index (χ1v) is 5.19. The Morgan fingerprint density at radius 3 is 2.93 bits per heavy atom. The molecule has 1 unspecified atom stereocenters. The van der Waals surface area contributed by atoms with Crippen LogP contribution in [0, 0.1) is 0 Å². The Labute approximate surface area is 89.8 Å². The van der Waals surface area contributed by atoms with Crippen LogP contribution in [0.5, 0.6) is 0 Å². The molecule has 0 aromatic carbocycles. The molecule has 5 nitrogen and oxygen atoms in total. The Balaban J connectivity index is 2.25. The SMILES string of the molecule is COCCCNC(=O)C1CCC(=O)N1C. The van der Waals surface area contributed by atoms with Crippen LogP contribution < -0.4 is 5.32 Å². The number of amides is 2. The number of hydrogen-bond donors (Lipinski definition) is 1. The van der Waals surface area contributed by atoms with E-state index in [1.54, 1.807) is 14.2 Å². The summed E-state index contributed by atoms with van der Waals surface area (Å²) in [6.45, 7) is 1.24. The quantitative estimate of drug-likeness (QED) is 0.643. The third-order valence-electron chi connectivity index (χ3n) is 2.62. The summed E-state index contributed by atoms with van der Waals surface area (Å²) in [5, 5.41) is 2.80. The normalized spacial score (nSPS) is 20.8. The van der Waals surface area contributed by atoms with Gasteiger partial charge in [0, 0.05) is 33.7 Å². The summed E-state index contributed by atoms with van der Waals surface area (Å²) in [7, 11) is 3.31. The maximum Gasteiger partial charge on any atom is 0.242 e. The van der Waals surface area contributed by atoms with Gasteiger partial charge in [-0.15, -0.1) is 0 Å². The Kier molecular flexibility index (Phi) is 4.55. The van der Waals surface area contributed by atoms with E-state index in [4.69, 9.17) is 4.74 Å². The van der Waals surface area contributed by atoms with Gasteiger partial charge in [-0.1, -0.05) is 0 Å². The topological polar surface area (TPSA) is 58.6 Å². The fourth-order valence-electron chi connectivity index (χ4n) is 1.66. The van der Waals surface area contributed by atoms with Crippen molar-refractivity contribution in [1.29, 1.82) is 0 Å². The second-order valence-electron chi connectivity index (χ2n) is 3.70. The highest BCUT2D eigenvalue weighted by Crippen LogP contribution is 2.16. The molecule has 1 aliphatic heterocycles. The lowest BCUT2D eigenvalue weighted by Gasteiger charge is -2.18. The summed E-state index contributed by atoms with van der Waals surface area (Å²) in [6.07, 6.45) is 1.91. The molecule has 0 bridgehead atoms. The minimum absolute atomic E-state index is 0.0482. The molecule has 5 heteroatoms. The van der Waals surface area contributed by atoms with Crippen molar-refractivity contribution < 1.29 is 14.3 Å². The molecule has 1 fully saturated rings. The molecule has 15 heavy (non-hydrogen) atoms. The molecule has 1 aliphatic rings. The highest BCUT2D eigenvalue weighted by Gasteiger charge is 2.32. The van der Waals surface area contributed by atoms with E-state index < -0.39 is 0 Å². The van der Waals surface area contributed by atoms with Crippen LogP contribution in [0.15, 0.2) is 0 Å². The Hall–Kier alpha value is -1.10. The molecule has 1 rings (SSSR count). The number of carbonyl (C=O) groups excluding carboxylic acids is 2. The lowest BCUT2D eigenvalue weighted by molar-refractivity contribution is -0.133. The van der Waals surface area contributed by atoms with E-state index in [0.29, 0.717) is 26.0 Å². The summed E-state index contributed by atoms with van der Waals surface area (Å²) >= 11 is 0. The molecule has 1 N–H and O–H groups in total. The van der Waals surface area contributed by atoms with Crippen molar-refractivity contribution >= 4 is 11.8 Å². The van der Waals surface area contributed by atoms with Crippen LogP contribution in [-0.2, 0) is 14.3 Å². The maximum atomic E-state index is 11.6. The highest BCUT2D eigenvalue weighted by molar-refractivity contribution is 5.90. The molecule has 0 radical (unpaired) electrons. The van der Waals surface area contributed by atoms with Crippen molar-refractivity contribution in [1.82, 2.24) is 10.2 Å². The number of hydrogen-bond acceptors (Lipinski definition) is 3. The van der Waals surface area contributed by atoms with Crippen molar-refractivity contribution in [3.63, 3.8) is 0 Å². The molecular weight excluding hydrogens is 196 g/mol. The number of ether oxygens (including phenoxy) is 1. The maximum absolute atomic E-state index is 11.6. The Morgan fingerprint density at radius 1 is 1.67 bits per heavy atom. The van der Waals surface area contributed by atoms with Gasteiger partial charge in [-0.2, -0.15) is 0 Å². The summed E-state index contributed by atoms with van der Waals surface area (Å²) in [4.78, 5) is 24.3. The van der Waals surface area contributed by atoms with Gasteiger partial charge in [-0.25, -0.2) is 0 Å². The van der Waals surface area contributed by atoms with Crippen molar-refractivity contribution in [3.05, 3.63) is 0 Å². The van der Waals surface area contributed by atoms with Crippen molar-refractivity contribution in [3.8, 4) is 0 Å². The number of methoxy groups -OCH3 is 1. The minimum Gasteiger partial charge on any atom is -0.385 e. The zero-order chi connectivity index (χ0) is 11.3.